The van der Waals surface area contributed by atoms with Crippen molar-refractivity contribution in [2.24, 2.45) is 5.92 Å². The molecule has 1 fully saturated rings. The second kappa shape index (κ2) is 5.95. The Balaban J connectivity index is 2.68. The highest BCUT2D eigenvalue weighted by Gasteiger charge is 2.36. The van der Waals surface area contributed by atoms with Gasteiger partial charge in [0.15, 0.2) is 0 Å². The van der Waals surface area contributed by atoms with E-state index in [9.17, 15) is 8.42 Å². The van der Waals surface area contributed by atoms with Crippen LogP contribution in [-0.2, 0) is 14.8 Å². The van der Waals surface area contributed by atoms with E-state index in [1.165, 1.54) is 4.31 Å². The first kappa shape index (κ1) is 13.9. The Morgan fingerprint density at radius 3 is 2.56 bits per heavy atom. The van der Waals surface area contributed by atoms with Gasteiger partial charge in [0.05, 0.1) is 19.0 Å². The van der Waals surface area contributed by atoms with Crippen LogP contribution in [0.2, 0.25) is 0 Å². The van der Waals surface area contributed by atoms with Crippen molar-refractivity contribution >= 4 is 10.0 Å². The molecule has 0 radical (unpaired) electrons. The van der Waals surface area contributed by atoms with Crippen LogP contribution >= 0.6 is 0 Å². The van der Waals surface area contributed by atoms with E-state index in [-0.39, 0.29) is 18.4 Å². The van der Waals surface area contributed by atoms with E-state index in [4.69, 9.17) is 9.84 Å². The summed E-state index contributed by atoms with van der Waals surface area (Å²) in [7, 11) is -1.79. The minimum absolute atomic E-state index is 0.0201. The molecule has 1 atom stereocenters. The summed E-state index contributed by atoms with van der Waals surface area (Å²) in [5.41, 5.74) is 0. The molecule has 1 rings (SSSR count). The molecule has 0 spiro atoms. The number of hydrogen-bond donors (Lipinski definition) is 1. The first-order valence-electron chi connectivity index (χ1n) is 5.62. The van der Waals surface area contributed by atoms with Crippen LogP contribution in [0, 0.1) is 5.92 Å². The Bertz CT molecular complexity index is 300. The second-order valence-electron chi connectivity index (χ2n) is 4.22. The molecule has 1 saturated carbocycles. The van der Waals surface area contributed by atoms with Crippen molar-refractivity contribution in [2.45, 2.75) is 25.8 Å². The quantitative estimate of drug-likeness (QED) is 0.662. The van der Waals surface area contributed by atoms with Gasteiger partial charge in [-0.3, -0.25) is 0 Å². The van der Waals surface area contributed by atoms with Gasteiger partial charge in [0.2, 0.25) is 10.0 Å². The van der Waals surface area contributed by atoms with E-state index in [1.54, 1.807) is 7.11 Å². The molecular weight excluding hydrogens is 230 g/mol. The van der Waals surface area contributed by atoms with E-state index in [0.717, 1.165) is 12.8 Å². The van der Waals surface area contributed by atoms with E-state index < -0.39 is 10.0 Å². The molecule has 5 nitrogen and oxygen atoms in total. The zero-order valence-corrected chi connectivity index (χ0v) is 10.7. The smallest absolute Gasteiger partial charge is 0.216 e. The van der Waals surface area contributed by atoms with E-state index in [1.807, 2.05) is 6.92 Å². The SMILES string of the molecule is COCCN(C(C)C1CC1)S(=O)(=O)CCO. The summed E-state index contributed by atoms with van der Waals surface area (Å²) in [6.45, 7) is 2.36. The molecule has 6 heteroatoms. The number of nitrogens with zero attached hydrogens (tertiary/aromatic N) is 1. The molecule has 0 aromatic carbocycles. The van der Waals surface area contributed by atoms with Crippen LogP contribution in [0.15, 0.2) is 0 Å². The first-order chi connectivity index (χ1) is 7.53. The monoisotopic (exact) mass is 251 g/mol. The summed E-state index contributed by atoms with van der Waals surface area (Å²) in [6.07, 6.45) is 2.19. The molecule has 0 aromatic heterocycles. The summed E-state index contributed by atoms with van der Waals surface area (Å²) < 4.78 is 30.2. The number of aliphatic hydroxyl groups is 1. The fourth-order valence-corrected chi connectivity index (χ4v) is 3.32. The second-order valence-corrected chi connectivity index (χ2v) is 6.26. The Morgan fingerprint density at radius 2 is 2.12 bits per heavy atom. The molecule has 1 aliphatic carbocycles. The molecule has 0 amide bonds. The Morgan fingerprint density at radius 1 is 1.50 bits per heavy atom. The summed E-state index contributed by atoms with van der Waals surface area (Å²) >= 11 is 0. The van der Waals surface area contributed by atoms with Crippen LogP contribution in [-0.4, -0.2) is 56.5 Å². The minimum atomic E-state index is -3.35. The van der Waals surface area contributed by atoms with Gasteiger partial charge in [-0.05, 0) is 25.7 Å². The minimum Gasteiger partial charge on any atom is -0.395 e. The standard InChI is InChI=1S/C10H21NO4S/c1-9(10-3-4-10)11(5-7-15-2)16(13,14)8-6-12/h9-10,12H,3-8H2,1-2H3. The van der Waals surface area contributed by atoms with Crippen LogP contribution in [0.5, 0.6) is 0 Å². The fraction of sp³-hybridized carbons (Fsp3) is 1.00. The molecule has 0 aliphatic heterocycles. The van der Waals surface area contributed by atoms with Gasteiger partial charge in [0.25, 0.3) is 0 Å². The third kappa shape index (κ3) is 3.69. The van der Waals surface area contributed by atoms with E-state index >= 15 is 0 Å². The largest absolute Gasteiger partial charge is 0.395 e. The molecular formula is C10H21NO4S. The number of sulfonamides is 1. The zero-order valence-electron chi connectivity index (χ0n) is 9.92. The van der Waals surface area contributed by atoms with Crippen molar-refractivity contribution in [2.75, 3.05) is 32.6 Å². The van der Waals surface area contributed by atoms with Gasteiger partial charge in [-0.15, -0.1) is 0 Å². The normalized spacial score (nSPS) is 19.0. The molecule has 0 aromatic rings. The number of aliphatic hydroxyl groups excluding tert-OH is 1. The molecule has 1 aliphatic rings. The zero-order chi connectivity index (χ0) is 12.2. The highest BCUT2D eigenvalue weighted by atomic mass is 32.2. The van der Waals surface area contributed by atoms with Crippen molar-refractivity contribution in [1.82, 2.24) is 4.31 Å². The van der Waals surface area contributed by atoms with Crippen molar-refractivity contribution < 1.29 is 18.3 Å². The van der Waals surface area contributed by atoms with Crippen molar-refractivity contribution in [1.29, 1.82) is 0 Å². The van der Waals surface area contributed by atoms with Gasteiger partial charge in [-0.25, -0.2) is 8.42 Å². The highest BCUT2D eigenvalue weighted by molar-refractivity contribution is 7.89. The molecule has 0 heterocycles. The first-order valence-corrected chi connectivity index (χ1v) is 7.23. The Kier molecular flexibility index (Phi) is 5.17. The lowest BCUT2D eigenvalue weighted by atomic mass is 10.2. The lowest BCUT2D eigenvalue weighted by Gasteiger charge is -2.27. The number of methoxy groups -OCH3 is 1. The number of rotatable bonds is 8. The van der Waals surface area contributed by atoms with Gasteiger partial charge in [-0.2, -0.15) is 4.31 Å². The van der Waals surface area contributed by atoms with E-state index in [0.29, 0.717) is 19.1 Å². The van der Waals surface area contributed by atoms with Gasteiger partial charge >= 0.3 is 0 Å². The number of hydrogen-bond acceptors (Lipinski definition) is 4. The number of ether oxygens (including phenoxy) is 1. The summed E-state index contributed by atoms with van der Waals surface area (Å²) in [4.78, 5) is 0. The van der Waals surface area contributed by atoms with Gasteiger partial charge in [0.1, 0.15) is 0 Å². The van der Waals surface area contributed by atoms with E-state index in [2.05, 4.69) is 0 Å². The van der Waals surface area contributed by atoms with Crippen LogP contribution in [0.4, 0.5) is 0 Å². The molecule has 0 bridgehead atoms. The van der Waals surface area contributed by atoms with Crippen LogP contribution in [0.25, 0.3) is 0 Å². The van der Waals surface area contributed by atoms with Crippen LogP contribution in [0.1, 0.15) is 19.8 Å². The average Bonchev–Trinajstić information content (AvgIpc) is 3.00. The van der Waals surface area contributed by atoms with Crippen molar-refractivity contribution in [3.63, 3.8) is 0 Å². The van der Waals surface area contributed by atoms with Crippen LogP contribution < -0.4 is 0 Å². The van der Waals surface area contributed by atoms with Gasteiger partial charge in [0, 0.05) is 19.7 Å². The maximum Gasteiger partial charge on any atom is 0.216 e. The highest BCUT2D eigenvalue weighted by Crippen LogP contribution is 2.36. The molecule has 1 unspecified atom stereocenters. The van der Waals surface area contributed by atoms with Gasteiger partial charge in [-0.1, -0.05) is 0 Å². The van der Waals surface area contributed by atoms with Crippen molar-refractivity contribution in [3.05, 3.63) is 0 Å². The predicted molar refractivity (Wildman–Crippen MR) is 61.6 cm³/mol. The lowest BCUT2D eigenvalue weighted by molar-refractivity contribution is 0.164. The predicted octanol–water partition coefficient (Wildman–Crippen LogP) is 0.0554. The Hall–Kier alpha value is -0.170. The van der Waals surface area contributed by atoms with Gasteiger partial charge < -0.3 is 9.84 Å². The average molecular weight is 251 g/mol. The molecule has 16 heavy (non-hydrogen) atoms. The maximum atomic E-state index is 11.9. The molecule has 0 saturated heterocycles. The topological polar surface area (TPSA) is 66.8 Å². The van der Waals surface area contributed by atoms with Crippen LogP contribution in [0.3, 0.4) is 0 Å². The van der Waals surface area contributed by atoms with Crippen molar-refractivity contribution in [3.8, 4) is 0 Å². The summed E-state index contributed by atoms with van der Waals surface area (Å²) in [5.74, 6) is 0.277. The maximum absolute atomic E-state index is 11.9. The third-order valence-electron chi connectivity index (χ3n) is 2.98. The summed E-state index contributed by atoms with van der Waals surface area (Å²) in [5, 5.41) is 8.78. The lowest BCUT2D eigenvalue weighted by Crippen LogP contribution is -2.43. The third-order valence-corrected chi connectivity index (χ3v) is 4.91. The molecule has 1 N–H and O–H groups in total. The fourth-order valence-electron chi connectivity index (χ4n) is 1.82. The summed E-state index contributed by atoms with van der Waals surface area (Å²) in [6, 6.07) is 0.0201. The molecule has 96 valence electrons. The Labute approximate surface area is 97.4 Å².